The second-order valence-electron chi connectivity index (χ2n) is 2.65. The zero-order chi connectivity index (χ0) is 9.14. The van der Waals surface area contributed by atoms with Crippen LogP contribution in [0.1, 0.15) is 17.2 Å². The monoisotopic (exact) mass is 182 g/mol. The molecular weight excluding hydrogens is 172 g/mol. The molecule has 1 unspecified atom stereocenters. The minimum absolute atomic E-state index is 0.232. The van der Waals surface area contributed by atoms with Crippen LogP contribution in [-0.2, 0) is 0 Å². The minimum atomic E-state index is -0.232. The lowest BCUT2D eigenvalue weighted by atomic mass is 10.1. The Hall–Kier alpha value is -0.860. The van der Waals surface area contributed by atoms with E-state index in [4.69, 9.17) is 17.3 Å². The van der Waals surface area contributed by atoms with Gasteiger partial charge in [-0.25, -0.2) is 4.98 Å². The average Bonchev–Trinajstić information content (AvgIpc) is 2.08. The average molecular weight is 183 g/mol. The standard InChI is InChI=1S/C9H11ClN2/c1-3-8(11)7-4-6(2)5-12-9(7)10/h3-5,8H,1,11H2,2H3. The molecule has 0 aliphatic heterocycles. The van der Waals surface area contributed by atoms with E-state index in [0.717, 1.165) is 11.1 Å². The molecule has 0 fully saturated rings. The van der Waals surface area contributed by atoms with Gasteiger partial charge in [-0.3, -0.25) is 0 Å². The molecule has 1 rings (SSSR count). The van der Waals surface area contributed by atoms with E-state index in [2.05, 4.69) is 11.6 Å². The molecule has 0 aliphatic rings. The molecule has 0 spiro atoms. The van der Waals surface area contributed by atoms with Gasteiger partial charge >= 0.3 is 0 Å². The van der Waals surface area contributed by atoms with Gasteiger partial charge in [-0.15, -0.1) is 6.58 Å². The SMILES string of the molecule is C=CC(N)c1cc(C)cnc1Cl. The molecule has 1 aromatic rings. The quantitative estimate of drug-likeness (QED) is 0.563. The van der Waals surface area contributed by atoms with Gasteiger partial charge in [0.15, 0.2) is 0 Å². The van der Waals surface area contributed by atoms with Crippen molar-refractivity contribution in [3.05, 3.63) is 41.2 Å². The number of aryl methyl sites for hydroxylation is 1. The minimum Gasteiger partial charge on any atom is -0.321 e. The van der Waals surface area contributed by atoms with Crippen LogP contribution in [0.3, 0.4) is 0 Å². The first-order valence-electron chi connectivity index (χ1n) is 3.65. The van der Waals surface area contributed by atoms with Crippen molar-refractivity contribution in [2.24, 2.45) is 5.73 Å². The Morgan fingerprint density at radius 2 is 2.42 bits per heavy atom. The lowest BCUT2D eigenvalue weighted by molar-refractivity contribution is 0.901. The van der Waals surface area contributed by atoms with Crippen molar-refractivity contribution in [3.8, 4) is 0 Å². The Morgan fingerprint density at radius 3 is 3.00 bits per heavy atom. The summed E-state index contributed by atoms with van der Waals surface area (Å²) in [5.74, 6) is 0. The second-order valence-corrected chi connectivity index (χ2v) is 3.01. The maximum absolute atomic E-state index is 5.83. The summed E-state index contributed by atoms with van der Waals surface area (Å²) >= 11 is 5.83. The second kappa shape index (κ2) is 3.70. The summed E-state index contributed by atoms with van der Waals surface area (Å²) in [6.07, 6.45) is 3.35. The van der Waals surface area contributed by atoms with E-state index in [1.165, 1.54) is 0 Å². The van der Waals surface area contributed by atoms with Gasteiger partial charge in [-0.1, -0.05) is 17.7 Å². The molecule has 0 saturated carbocycles. The lowest BCUT2D eigenvalue weighted by Crippen LogP contribution is -2.08. The van der Waals surface area contributed by atoms with Gasteiger partial charge in [0.2, 0.25) is 0 Å². The topological polar surface area (TPSA) is 38.9 Å². The van der Waals surface area contributed by atoms with Crippen molar-refractivity contribution in [1.29, 1.82) is 0 Å². The van der Waals surface area contributed by atoms with E-state index in [1.54, 1.807) is 12.3 Å². The predicted octanol–water partition coefficient (Wildman–Crippen LogP) is 2.23. The largest absolute Gasteiger partial charge is 0.321 e. The number of rotatable bonds is 2. The van der Waals surface area contributed by atoms with E-state index >= 15 is 0 Å². The summed E-state index contributed by atoms with van der Waals surface area (Å²) in [7, 11) is 0. The zero-order valence-corrected chi connectivity index (χ0v) is 7.67. The zero-order valence-electron chi connectivity index (χ0n) is 6.92. The highest BCUT2D eigenvalue weighted by Crippen LogP contribution is 2.20. The summed E-state index contributed by atoms with van der Waals surface area (Å²) in [4.78, 5) is 3.99. The number of hydrogen-bond donors (Lipinski definition) is 1. The summed E-state index contributed by atoms with van der Waals surface area (Å²) in [5, 5.41) is 0.452. The molecule has 0 aliphatic carbocycles. The van der Waals surface area contributed by atoms with Crippen molar-refractivity contribution in [2.45, 2.75) is 13.0 Å². The van der Waals surface area contributed by atoms with Gasteiger partial charge in [0.05, 0.1) is 6.04 Å². The van der Waals surface area contributed by atoms with Gasteiger partial charge in [-0.05, 0) is 18.6 Å². The highest BCUT2D eigenvalue weighted by molar-refractivity contribution is 6.30. The van der Waals surface area contributed by atoms with Crippen LogP contribution >= 0.6 is 11.6 Å². The molecule has 2 N–H and O–H groups in total. The summed E-state index contributed by atoms with van der Waals surface area (Å²) in [6, 6.07) is 1.69. The number of hydrogen-bond acceptors (Lipinski definition) is 2. The van der Waals surface area contributed by atoms with Crippen LogP contribution in [0.15, 0.2) is 24.9 Å². The molecule has 1 atom stereocenters. The van der Waals surface area contributed by atoms with Crippen molar-refractivity contribution in [2.75, 3.05) is 0 Å². The van der Waals surface area contributed by atoms with Crippen molar-refractivity contribution in [3.63, 3.8) is 0 Å². The molecule has 12 heavy (non-hydrogen) atoms. The predicted molar refractivity (Wildman–Crippen MR) is 51.1 cm³/mol. The Morgan fingerprint density at radius 1 is 1.75 bits per heavy atom. The van der Waals surface area contributed by atoms with Gasteiger partial charge in [-0.2, -0.15) is 0 Å². The highest BCUT2D eigenvalue weighted by Gasteiger charge is 2.07. The van der Waals surface area contributed by atoms with Crippen LogP contribution in [0.4, 0.5) is 0 Å². The van der Waals surface area contributed by atoms with Crippen LogP contribution in [0, 0.1) is 6.92 Å². The molecular formula is C9H11ClN2. The maximum atomic E-state index is 5.83. The number of nitrogens with two attached hydrogens (primary N) is 1. The molecule has 0 radical (unpaired) electrons. The molecule has 64 valence electrons. The Bertz CT molecular complexity index is 297. The third-order valence-corrected chi connectivity index (χ3v) is 1.93. The van der Waals surface area contributed by atoms with Gasteiger partial charge in [0.1, 0.15) is 5.15 Å². The number of halogens is 1. The molecule has 3 heteroatoms. The fourth-order valence-corrected chi connectivity index (χ4v) is 1.17. The van der Waals surface area contributed by atoms with Crippen molar-refractivity contribution in [1.82, 2.24) is 4.98 Å². The van der Waals surface area contributed by atoms with Gasteiger partial charge < -0.3 is 5.73 Å². The van der Waals surface area contributed by atoms with Crippen LogP contribution < -0.4 is 5.73 Å². The molecule has 0 saturated heterocycles. The van der Waals surface area contributed by atoms with Gasteiger partial charge in [0, 0.05) is 11.8 Å². The van der Waals surface area contributed by atoms with E-state index in [9.17, 15) is 0 Å². The fraction of sp³-hybridized carbons (Fsp3) is 0.222. The number of aromatic nitrogens is 1. The van der Waals surface area contributed by atoms with Gasteiger partial charge in [0.25, 0.3) is 0 Å². The van der Waals surface area contributed by atoms with Crippen LogP contribution in [0.25, 0.3) is 0 Å². The smallest absolute Gasteiger partial charge is 0.134 e. The lowest BCUT2D eigenvalue weighted by Gasteiger charge is -2.08. The number of nitrogens with zero attached hydrogens (tertiary/aromatic N) is 1. The van der Waals surface area contributed by atoms with Crippen LogP contribution in [0.2, 0.25) is 5.15 Å². The fourth-order valence-electron chi connectivity index (χ4n) is 0.936. The van der Waals surface area contributed by atoms with E-state index in [-0.39, 0.29) is 6.04 Å². The Labute approximate surface area is 77.1 Å². The van der Waals surface area contributed by atoms with E-state index in [1.807, 2.05) is 13.0 Å². The summed E-state index contributed by atoms with van der Waals surface area (Å²) in [5.41, 5.74) is 7.59. The Kier molecular flexibility index (Phi) is 2.84. The van der Waals surface area contributed by atoms with E-state index < -0.39 is 0 Å². The molecule has 0 amide bonds. The first-order valence-corrected chi connectivity index (χ1v) is 4.03. The van der Waals surface area contributed by atoms with Crippen molar-refractivity contribution < 1.29 is 0 Å². The van der Waals surface area contributed by atoms with Crippen molar-refractivity contribution >= 4 is 11.6 Å². The molecule has 1 aromatic heterocycles. The first kappa shape index (κ1) is 9.23. The molecule has 1 heterocycles. The summed E-state index contributed by atoms with van der Waals surface area (Å²) in [6.45, 7) is 5.54. The van der Waals surface area contributed by atoms with Crippen LogP contribution in [-0.4, -0.2) is 4.98 Å². The highest BCUT2D eigenvalue weighted by atomic mass is 35.5. The molecule has 2 nitrogen and oxygen atoms in total. The van der Waals surface area contributed by atoms with E-state index in [0.29, 0.717) is 5.15 Å². The molecule has 0 bridgehead atoms. The third-order valence-electron chi connectivity index (χ3n) is 1.62. The molecule has 0 aromatic carbocycles. The maximum Gasteiger partial charge on any atom is 0.134 e. The Balaban J connectivity index is 3.12. The first-order chi connectivity index (χ1) is 5.65. The third kappa shape index (κ3) is 1.84. The van der Waals surface area contributed by atoms with Crippen LogP contribution in [0.5, 0.6) is 0 Å². The normalized spacial score (nSPS) is 12.6. The summed E-state index contributed by atoms with van der Waals surface area (Å²) < 4.78 is 0. The number of pyridine rings is 1.